The maximum absolute atomic E-state index is 11.4. The summed E-state index contributed by atoms with van der Waals surface area (Å²) in [7, 11) is 0. The van der Waals surface area contributed by atoms with Crippen LogP contribution < -0.4 is 11.1 Å². The van der Waals surface area contributed by atoms with E-state index in [1.165, 1.54) is 30.4 Å². The van der Waals surface area contributed by atoms with Crippen molar-refractivity contribution in [3.8, 4) is 0 Å². The van der Waals surface area contributed by atoms with Crippen molar-refractivity contribution in [1.29, 1.82) is 0 Å². The highest BCUT2D eigenvalue weighted by molar-refractivity contribution is 5.99. The van der Waals surface area contributed by atoms with Crippen molar-refractivity contribution in [1.82, 2.24) is 0 Å². The first-order valence-electron chi connectivity index (χ1n) is 7.51. The first-order chi connectivity index (χ1) is 10.2. The molecular formula is C18H18N2O. The Balaban J connectivity index is 1.67. The topological polar surface area (TPSA) is 55.1 Å². The second-order valence-corrected chi connectivity index (χ2v) is 6.00. The van der Waals surface area contributed by atoms with Gasteiger partial charge < -0.3 is 11.1 Å². The molecule has 1 amide bonds. The number of anilines is 1. The SMILES string of the molecule is NC(c1ccc2c(c1)CCC2)c1ccc2c(c1)CC(=O)N2. The summed E-state index contributed by atoms with van der Waals surface area (Å²) in [6.07, 6.45) is 4.07. The molecule has 1 unspecified atom stereocenters. The lowest BCUT2D eigenvalue weighted by Gasteiger charge is -2.15. The van der Waals surface area contributed by atoms with E-state index in [-0.39, 0.29) is 11.9 Å². The molecule has 3 nitrogen and oxygen atoms in total. The Bertz CT molecular complexity index is 736. The maximum atomic E-state index is 11.4. The summed E-state index contributed by atoms with van der Waals surface area (Å²) >= 11 is 0. The third-order valence-corrected chi connectivity index (χ3v) is 4.60. The molecule has 0 saturated heterocycles. The molecule has 2 aromatic carbocycles. The molecule has 106 valence electrons. The third kappa shape index (κ3) is 2.14. The molecule has 0 bridgehead atoms. The average molecular weight is 278 g/mol. The van der Waals surface area contributed by atoms with Gasteiger partial charge in [-0.05, 0) is 53.1 Å². The Morgan fingerprint density at radius 1 is 0.952 bits per heavy atom. The van der Waals surface area contributed by atoms with Crippen molar-refractivity contribution in [2.75, 3.05) is 5.32 Å². The Morgan fingerprint density at radius 2 is 1.67 bits per heavy atom. The maximum Gasteiger partial charge on any atom is 0.228 e. The van der Waals surface area contributed by atoms with Crippen LogP contribution in [0.4, 0.5) is 5.69 Å². The Morgan fingerprint density at radius 3 is 2.52 bits per heavy atom. The minimum Gasteiger partial charge on any atom is -0.326 e. The van der Waals surface area contributed by atoms with E-state index in [9.17, 15) is 4.79 Å². The lowest BCUT2D eigenvalue weighted by Crippen LogP contribution is -2.12. The summed E-state index contributed by atoms with van der Waals surface area (Å²) < 4.78 is 0. The minimum absolute atomic E-state index is 0.0632. The molecule has 2 aliphatic rings. The summed E-state index contributed by atoms with van der Waals surface area (Å²) in [5.41, 5.74) is 13.6. The number of nitrogens with two attached hydrogens (primary N) is 1. The van der Waals surface area contributed by atoms with Crippen molar-refractivity contribution in [3.63, 3.8) is 0 Å². The van der Waals surface area contributed by atoms with Crippen LogP contribution in [0.1, 0.15) is 40.3 Å². The molecule has 2 aromatic rings. The molecule has 1 aliphatic carbocycles. The van der Waals surface area contributed by atoms with Gasteiger partial charge in [-0.25, -0.2) is 0 Å². The Labute approximate surface area is 124 Å². The second kappa shape index (κ2) is 4.71. The molecule has 21 heavy (non-hydrogen) atoms. The predicted octanol–water partition coefficient (Wildman–Crippen LogP) is 2.72. The fourth-order valence-electron chi connectivity index (χ4n) is 3.42. The number of carbonyl (C=O) groups excluding carboxylic acids is 1. The van der Waals surface area contributed by atoms with Gasteiger partial charge in [0.2, 0.25) is 5.91 Å². The molecule has 0 saturated carbocycles. The van der Waals surface area contributed by atoms with Crippen LogP contribution in [0.3, 0.4) is 0 Å². The van der Waals surface area contributed by atoms with Crippen LogP contribution in [-0.2, 0) is 24.1 Å². The van der Waals surface area contributed by atoms with Crippen LogP contribution in [-0.4, -0.2) is 5.91 Å². The monoisotopic (exact) mass is 278 g/mol. The van der Waals surface area contributed by atoms with Crippen molar-refractivity contribution in [2.45, 2.75) is 31.7 Å². The molecule has 0 aromatic heterocycles. The van der Waals surface area contributed by atoms with Crippen LogP contribution in [0, 0.1) is 0 Å². The number of aryl methyl sites for hydroxylation is 2. The highest BCUT2D eigenvalue weighted by atomic mass is 16.1. The van der Waals surface area contributed by atoms with Gasteiger partial charge in [-0.3, -0.25) is 4.79 Å². The molecule has 4 rings (SSSR count). The van der Waals surface area contributed by atoms with Gasteiger partial charge in [0.15, 0.2) is 0 Å². The van der Waals surface area contributed by atoms with E-state index < -0.39 is 0 Å². The number of hydrogen-bond donors (Lipinski definition) is 2. The zero-order valence-corrected chi connectivity index (χ0v) is 11.9. The minimum atomic E-state index is -0.128. The standard InChI is InChI=1S/C18H18N2O/c19-18(13-5-4-11-2-1-3-12(11)8-13)14-6-7-16-15(9-14)10-17(21)20-16/h4-9,18H,1-3,10,19H2,(H,20,21). The van der Waals surface area contributed by atoms with E-state index in [2.05, 4.69) is 29.6 Å². The van der Waals surface area contributed by atoms with Crippen LogP contribution in [0.5, 0.6) is 0 Å². The third-order valence-electron chi connectivity index (χ3n) is 4.60. The molecule has 1 aliphatic heterocycles. The van der Waals surface area contributed by atoms with E-state index in [0.29, 0.717) is 6.42 Å². The van der Waals surface area contributed by atoms with Gasteiger partial charge in [0.05, 0.1) is 12.5 Å². The van der Waals surface area contributed by atoms with Gasteiger partial charge >= 0.3 is 0 Å². The molecule has 1 heterocycles. The second-order valence-electron chi connectivity index (χ2n) is 6.00. The van der Waals surface area contributed by atoms with Crippen LogP contribution in [0.2, 0.25) is 0 Å². The van der Waals surface area contributed by atoms with Gasteiger partial charge in [-0.2, -0.15) is 0 Å². The fraction of sp³-hybridized carbons (Fsp3) is 0.278. The van der Waals surface area contributed by atoms with E-state index in [0.717, 1.165) is 22.4 Å². The van der Waals surface area contributed by atoms with Gasteiger partial charge in [-0.15, -0.1) is 0 Å². The van der Waals surface area contributed by atoms with Crippen LogP contribution in [0.15, 0.2) is 36.4 Å². The van der Waals surface area contributed by atoms with E-state index in [1.54, 1.807) is 0 Å². The number of carbonyl (C=O) groups is 1. The zero-order chi connectivity index (χ0) is 14.4. The number of nitrogens with one attached hydrogen (secondary N) is 1. The summed E-state index contributed by atoms with van der Waals surface area (Å²) in [5.74, 6) is 0.0632. The molecule has 1 atom stereocenters. The molecule has 3 heteroatoms. The number of amides is 1. The predicted molar refractivity (Wildman–Crippen MR) is 83.3 cm³/mol. The number of hydrogen-bond acceptors (Lipinski definition) is 2. The van der Waals surface area contributed by atoms with E-state index in [1.807, 2.05) is 12.1 Å². The molecule has 3 N–H and O–H groups in total. The van der Waals surface area contributed by atoms with Gasteiger partial charge in [0.25, 0.3) is 0 Å². The highest BCUT2D eigenvalue weighted by Gasteiger charge is 2.20. The number of rotatable bonds is 2. The van der Waals surface area contributed by atoms with Crippen molar-refractivity contribution < 1.29 is 4.79 Å². The summed E-state index contributed by atoms with van der Waals surface area (Å²) in [6.45, 7) is 0. The molecule has 0 radical (unpaired) electrons. The molecular weight excluding hydrogens is 260 g/mol. The van der Waals surface area contributed by atoms with Gasteiger partial charge in [-0.1, -0.05) is 30.3 Å². The van der Waals surface area contributed by atoms with Crippen molar-refractivity contribution in [3.05, 3.63) is 64.2 Å². The summed E-state index contributed by atoms with van der Waals surface area (Å²) in [6, 6.07) is 12.5. The van der Waals surface area contributed by atoms with Gasteiger partial charge in [0.1, 0.15) is 0 Å². The zero-order valence-electron chi connectivity index (χ0n) is 11.9. The Hall–Kier alpha value is -2.13. The normalized spacial score (nSPS) is 17.3. The largest absolute Gasteiger partial charge is 0.326 e. The molecule has 0 spiro atoms. The smallest absolute Gasteiger partial charge is 0.228 e. The van der Waals surface area contributed by atoms with E-state index >= 15 is 0 Å². The first-order valence-corrected chi connectivity index (χ1v) is 7.51. The quantitative estimate of drug-likeness (QED) is 0.887. The fourth-order valence-corrected chi connectivity index (χ4v) is 3.42. The molecule has 0 fully saturated rings. The average Bonchev–Trinajstić information content (AvgIpc) is 3.09. The first kappa shape index (κ1) is 12.6. The van der Waals surface area contributed by atoms with E-state index in [4.69, 9.17) is 5.73 Å². The van der Waals surface area contributed by atoms with Crippen molar-refractivity contribution in [2.24, 2.45) is 5.73 Å². The highest BCUT2D eigenvalue weighted by Crippen LogP contribution is 2.30. The Kier molecular flexibility index (Phi) is 2.82. The summed E-state index contributed by atoms with van der Waals surface area (Å²) in [5, 5.41) is 2.86. The summed E-state index contributed by atoms with van der Waals surface area (Å²) in [4.78, 5) is 11.4. The van der Waals surface area contributed by atoms with Gasteiger partial charge in [0, 0.05) is 5.69 Å². The van der Waals surface area contributed by atoms with Crippen LogP contribution in [0.25, 0.3) is 0 Å². The lowest BCUT2D eigenvalue weighted by molar-refractivity contribution is -0.115. The van der Waals surface area contributed by atoms with Crippen molar-refractivity contribution >= 4 is 11.6 Å². The number of benzene rings is 2. The van der Waals surface area contributed by atoms with Crippen LogP contribution >= 0.6 is 0 Å². The number of fused-ring (bicyclic) bond motifs is 2. The lowest BCUT2D eigenvalue weighted by atomic mass is 9.95.